The Morgan fingerprint density at radius 1 is 1.48 bits per heavy atom. The standard InChI is InChI=1S/C12H11N3O6/c13-11(18)9(4-10(16)17)14-5-7-6(12(14)19)2-1-3-8(7)15(20)21/h1-3,9H,4-5H2,(H2,13,18)(H,16,17). The van der Waals surface area contributed by atoms with Gasteiger partial charge in [-0.1, -0.05) is 6.07 Å². The van der Waals surface area contributed by atoms with Crippen LogP contribution in [0.4, 0.5) is 5.69 Å². The molecule has 9 heteroatoms. The Balaban J connectivity index is 2.41. The molecular weight excluding hydrogens is 282 g/mol. The highest BCUT2D eigenvalue weighted by atomic mass is 16.6. The number of carboxylic acid groups (broad SMARTS) is 1. The van der Waals surface area contributed by atoms with Crippen molar-refractivity contribution >= 4 is 23.5 Å². The second kappa shape index (κ2) is 5.19. The smallest absolute Gasteiger partial charge is 0.305 e. The van der Waals surface area contributed by atoms with Crippen LogP contribution in [-0.2, 0) is 16.1 Å². The van der Waals surface area contributed by atoms with Gasteiger partial charge < -0.3 is 15.7 Å². The van der Waals surface area contributed by atoms with Crippen LogP contribution in [0, 0.1) is 10.1 Å². The summed E-state index contributed by atoms with van der Waals surface area (Å²) < 4.78 is 0. The van der Waals surface area contributed by atoms with Crippen LogP contribution in [0.15, 0.2) is 18.2 Å². The number of hydrogen-bond acceptors (Lipinski definition) is 5. The van der Waals surface area contributed by atoms with E-state index in [4.69, 9.17) is 10.8 Å². The van der Waals surface area contributed by atoms with E-state index in [0.29, 0.717) is 0 Å². The van der Waals surface area contributed by atoms with E-state index >= 15 is 0 Å². The molecule has 0 spiro atoms. The summed E-state index contributed by atoms with van der Waals surface area (Å²) in [6, 6.07) is 2.65. The summed E-state index contributed by atoms with van der Waals surface area (Å²) in [6.07, 6.45) is -0.650. The van der Waals surface area contributed by atoms with Crippen molar-refractivity contribution in [3.63, 3.8) is 0 Å². The van der Waals surface area contributed by atoms with E-state index in [2.05, 4.69) is 0 Å². The Kier molecular flexibility index (Phi) is 3.57. The molecule has 0 aliphatic carbocycles. The van der Waals surface area contributed by atoms with Crippen molar-refractivity contribution in [3.8, 4) is 0 Å². The van der Waals surface area contributed by atoms with Crippen molar-refractivity contribution in [2.24, 2.45) is 5.73 Å². The number of primary amides is 1. The number of fused-ring (bicyclic) bond motifs is 1. The molecule has 9 nitrogen and oxygen atoms in total. The molecular formula is C12H11N3O6. The van der Waals surface area contributed by atoms with E-state index in [1.165, 1.54) is 18.2 Å². The molecule has 3 N–H and O–H groups in total. The predicted molar refractivity (Wildman–Crippen MR) is 68.2 cm³/mol. The second-order valence-electron chi connectivity index (χ2n) is 4.51. The molecule has 1 aromatic rings. The van der Waals surface area contributed by atoms with Gasteiger partial charge >= 0.3 is 5.97 Å². The third-order valence-corrected chi connectivity index (χ3v) is 3.24. The van der Waals surface area contributed by atoms with Crippen molar-refractivity contribution in [1.29, 1.82) is 0 Å². The van der Waals surface area contributed by atoms with Gasteiger partial charge in [0.25, 0.3) is 11.6 Å². The number of carbonyl (C=O) groups excluding carboxylic acids is 2. The molecule has 0 saturated heterocycles. The van der Waals surface area contributed by atoms with Crippen LogP contribution in [0.5, 0.6) is 0 Å². The molecule has 1 aliphatic rings. The van der Waals surface area contributed by atoms with Crippen LogP contribution in [0.2, 0.25) is 0 Å². The maximum absolute atomic E-state index is 12.2. The molecule has 1 aromatic carbocycles. The lowest BCUT2D eigenvalue weighted by Crippen LogP contribution is -2.46. The topological polar surface area (TPSA) is 144 Å². The van der Waals surface area contributed by atoms with E-state index in [1.54, 1.807) is 0 Å². The van der Waals surface area contributed by atoms with Gasteiger partial charge in [-0.3, -0.25) is 24.5 Å². The minimum absolute atomic E-state index is 0.0841. The Morgan fingerprint density at radius 2 is 2.14 bits per heavy atom. The first-order valence-electron chi connectivity index (χ1n) is 5.91. The number of aliphatic carboxylic acids is 1. The fourth-order valence-electron chi connectivity index (χ4n) is 2.29. The quantitative estimate of drug-likeness (QED) is 0.572. The van der Waals surface area contributed by atoms with Crippen LogP contribution >= 0.6 is 0 Å². The maximum atomic E-state index is 12.2. The molecule has 2 rings (SSSR count). The zero-order valence-electron chi connectivity index (χ0n) is 10.7. The Labute approximate surface area is 118 Å². The van der Waals surface area contributed by atoms with Crippen molar-refractivity contribution in [3.05, 3.63) is 39.4 Å². The number of hydrogen-bond donors (Lipinski definition) is 2. The molecule has 1 heterocycles. The molecule has 0 fully saturated rings. The molecule has 2 amide bonds. The van der Waals surface area contributed by atoms with Crippen LogP contribution in [0.1, 0.15) is 22.3 Å². The van der Waals surface area contributed by atoms with Gasteiger partial charge in [0.1, 0.15) is 6.04 Å². The molecule has 110 valence electrons. The third kappa shape index (κ3) is 2.53. The Bertz CT molecular complexity index is 656. The van der Waals surface area contributed by atoms with Crippen molar-refractivity contribution in [2.45, 2.75) is 19.0 Å². The fourth-order valence-corrected chi connectivity index (χ4v) is 2.29. The highest BCUT2D eigenvalue weighted by Crippen LogP contribution is 2.32. The number of amides is 2. The number of nitrogens with zero attached hydrogens (tertiary/aromatic N) is 2. The van der Waals surface area contributed by atoms with Gasteiger partial charge in [0.15, 0.2) is 0 Å². The molecule has 1 aliphatic heterocycles. The first-order valence-corrected chi connectivity index (χ1v) is 5.91. The average Bonchev–Trinajstić information content (AvgIpc) is 2.72. The Morgan fingerprint density at radius 3 is 2.67 bits per heavy atom. The first-order chi connectivity index (χ1) is 9.82. The van der Waals surface area contributed by atoms with Crippen molar-refractivity contribution < 1.29 is 24.4 Å². The minimum atomic E-state index is -1.35. The van der Waals surface area contributed by atoms with E-state index in [0.717, 1.165) is 4.90 Å². The molecule has 21 heavy (non-hydrogen) atoms. The van der Waals surface area contributed by atoms with Crippen LogP contribution in [-0.4, -0.2) is 38.8 Å². The van der Waals surface area contributed by atoms with Gasteiger partial charge in [-0.15, -0.1) is 0 Å². The highest BCUT2D eigenvalue weighted by Gasteiger charge is 2.39. The number of nitrogens with two attached hydrogens (primary N) is 1. The summed E-state index contributed by atoms with van der Waals surface area (Å²) in [5, 5.41) is 19.7. The number of nitro benzene ring substituents is 1. The SMILES string of the molecule is NC(=O)C(CC(=O)O)N1Cc2c(cccc2[N+](=O)[O-])C1=O. The van der Waals surface area contributed by atoms with E-state index < -0.39 is 35.2 Å². The summed E-state index contributed by atoms with van der Waals surface area (Å²) in [4.78, 5) is 45.6. The normalized spacial score (nSPS) is 14.7. The predicted octanol–water partition coefficient (Wildman–Crippen LogP) is -0.121. The van der Waals surface area contributed by atoms with Gasteiger partial charge in [0.2, 0.25) is 5.91 Å². The minimum Gasteiger partial charge on any atom is -0.481 e. The van der Waals surface area contributed by atoms with Crippen molar-refractivity contribution in [2.75, 3.05) is 0 Å². The number of carbonyl (C=O) groups is 3. The van der Waals surface area contributed by atoms with E-state index in [9.17, 15) is 24.5 Å². The molecule has 1 unspecified atom stereocenters. The summed E-state index contributed by atoms with van der Waals surface area (Å²) in [6.45, 7) is -0.216. The monoisotopic (exact) mass is 293 g/mol. The molecule has 1 atom stereocenters. The van der Waals surface area contributed by atoms with Crippen LogP contribution < -0.4 is 5.73 Å². The zero-order chi connectivity index (χ0) is 15.7. The van der Waals surface area contributed by atoms with Crippen molar-refractivity contribution in [1.82, 2.24) is 4.90 Å². The maximum Gasteiger partial charge on any atom is 0.305 e. The third-order valence-electron chi connectivity index (χ3n) is 3.24. The van der Waals surface area contributed by atoms with Gasteiger partial charge in [0.05, 0.1) is 29.0 Å². The van der Waals surface area contributed by atoms with Crippen LogP contribution in [0.25, 0.3) is 0 Å². The summed E-state index contributed by atoms with van der Waals surface area (Å²) in [5.41, 5.74) is 5.12. The lowest BCUT2D eigenvalue weighted by atomic mass is 10.1. The average molecular weight is 293 g/mol. The molecule has 0 saturated carbocycles. The summed E-state index contributed by atoms with van der Waals surface area (Å²) >= 11 is 0. The van der Waals surface area contributed by atoms with E-state index in [-0.39, 0.29) is 23.4 Å². The number of benzene rings is 1. The van der Waals surface area contributed by atoms with E-state index in [1.807, 2.05) is 0 Å². The first kappa shape index (κ1) is 14.4. The fraction of sp³-hybridized carbons (Fsp3) is 0.250. The van der Waals surface area contributed by atoms with Gasteiger partial charge in [-0.25, -0.2) is 0 Å². The lowest BCUT2D eigenvalue weighted by Gasteiger charge is -2.23. The Hall–Kier alpha value is -2.97. The van der Waals surface area contributed by atoms with Crippen LogP contribution in [0.3, 0.4) is 0 Å². The molecule has 0 radical (unpaired) electrons. The second-order valence-corrected chi connectivity index (χ2v) is 4.51. The highest BCUT2D eigenvalue weighted by molar-refractivity contribution is 6.02. The van der Waals surface area contributed by atoms with Gasteiger partial charge in [-0.2, -0.15) is 0 Å². The molecule has 0 bridgehead atoms. The van der Waals surface area contributed by atoms with Gasteiger partial charge in [0, 0.05) is 6.07 Å². The number of carboxylic acids is 1. The molecule has 0 aromatic heterocycles. The number of nitro groups is 1. The van der Waals surface area contributed by atoms with Gasteiger partial charge in [-0.05, 0) is 6.07 Å². The largest absolute Gasteiger partial charge is 0.481 e. The summed E-state index contributed by atoms with van der Waals surface area (Å²) in [5.74, 6) is -2.91. The zero-order valence-corrected chi connectivity index (χ0v) is 10.7. The summed E-state index contributed by atoms with van der Waals surface area (Å²) in [7, 11) is 0. The number of rotatable bonds is 5. The lowest BCUT2D eigenvalue weighted by molar-refractivity contribution is -0.385.